The van der Waals surface area contributed by atoms with Crippen LogP contribution < -0.4 is 4.57 Å². The van der Waals surface area contributed by atoms with Crippen molar-refractivity contribution < 1.29 is 4.57 Å². The van der Waals surface area contributed by atoms with Crippen LogP contribution in [0.2, 0.25) is 0 Å². The second kappa shape index (κ2) is 28.2. The number of H-pyrrole nitrogens is 1. The van der Waals surface area contributed by atoms with E-state index in [1.807, 2.05) is 0 Å². The highest BCUT2D eigenvalue weighted by atomic mass is 15.1. The van der Waals surface area contributed by atoms with Gasteiger partial charge in [-0.3, -0.25) is 0 Å². The van der Waals surface area contributed by atoms with Gasteiger partial charge >= 0.3 is 0 Å². The zero-order valence-corrected chi connectivity index (χ0v) is 34.0. The van der Waals surface area contributed by atoms with E-state index < -0.39 is 0 Å². The average Bonchev–Trinajstić information content (AvgIpc) is 3.62. The largest absolute Gasteiger partial charge is 0.258 e. The fraction of sp³-hybridized carbons (Fsp3) is 0.694. The van der Waals surface area contributed by atoms with Gasteiger partial charge in [-0.15, -0.1) is 0 Å². The molecule has 2 unspecified atom stereocenters. The van der Waals surface area contributed by atoms with Crippen molar-refractivity contribution >= 4 is 0 Å². The SMILES string of the molecule is CCCCCCCCCCCCCCCCCC[n+]1cc[nH]c1C(CCCCCCCCCCCC)C(C)(Cc1ccccc1)c1ccccc1. The average molecular weight is 698 g/mol. The van der Waals surface area contributed by atoms with E-state index >= 15 is 0 Å². The van der Waals surface area contributed by atoms with Gasteiger partial charge in [0, 0.05) is 5.41 Å². The molecule has 0 aliphatic rings. The van der Waals surface area contributed by atoms with E-state index in [0.29, 0.717) is 5.92 Å². The third-order valence-corrected chi connectivity index (χ3v) is 11.8. The second-order valence-corrected chi connectivity index (χ2v) is 16.3. The lowest BCUT2D eigenvalue weighted by molar-refractivity contribution is -0.705. The number of rotatable bonds is 33. The minimum absolute atomic E-state index is 0.00310. The highest BCUT2D eigenvalue weighted by Gasteiger charge is 2.41. The summed E-state index contributed by atoms with van der Waals surface area (Å²) >= 11 is 0. The van der Waals surface area contributed by atoms with Crippen LogP contribution in [0.3, 0.4) is 0 Å². The summed E-state index contributed by atoms with van der Waals surface area (Å²) < 4.78 is 2.59. The number of benzene rings is 2. The molecule has 0 saturated carbocycles. The molecule has 2 nitrogen and oxygen atoms in total. The molecule has 51 heavy (non-hydrogen) atoms. The molecule has 0 aliphatic heterocycles. The predicted octanol–water partition coefficient (Wildman–Crippen LogP) is 15.2. The monoisotopic (exact) mass is 698 g/mol. The Morgan fingerprint density at radius 1 is 0.510 bits per heavy atom. The lowest BCUT2D eigenvalue weighted by Crippen LogP contribution is -2.43. The highest BCUT2D eigenvalue weighted by molar-refractivity contribution is 5.32. The van der Waals surface area contributed by atoms with Gasteiger partial charge in [0.2, 0.25) is 0 Å². The second-order valence-electron chi connectivity index (χ2n) is 16.3. The van der Waals surface area contributed by atoms with E-state index in [0.717, 1.165) is 13.0 Å². The van der Waals surface area contributed by atoms with Crippen molar-refractivity contribution in [2.75, 3.05) is 0 Å². The molecule has 2 aromatic carbocycles. The zero-order chi connectivity index (χ0) is 36.1. The van der Waals surface area contributed by atoms with E-state index in [1.54, 1.807) is 0 Å². The van der Waals surface area contributed by atoms with Gasteiger partial charge < -0.3 is 0 Å². The number of nitrogens with one attached hydrogen (secondary N) is 1. The van der Waals surface area contributed by atoms with Gasteiger partial charge in [0.15, 0.2) is 0 Å². The third-order valence-electron chi connectivity index (χ3n) is 11.8. The van der Waals surface area contributed by atoms with Gasteiger partial charge in [0.25, 0.3) is 5.82 Å². The Kier molecular flexibility index (Phi) is 23.8. The number of unbranched alkanes of at least 4 members (excludes halogenated alkanes) is 24. The molecular formula is C49H81N2+. The van der Waals surface area contributed by atoms with Crippen LogP contribution in [-0.4, -0.2) is 4.98 Å². The van der Waals surface area contributed by atoms with E-state index in [2.05, 4.69) is 103 Å². The van der Waals surface area contributed by atoms with Gasteiger partial charge in [-0.1, -0.05) is 236 Å². The number of hydrogen-bond donors (Lipinski definition) is 1. The normalized spacial score (nSPS) is 13.4. The number of aromatic nitrogens is 2. The topological polar surface area (TPSA) is 19.7 Å². The van der Waals surface area contributed by atoms with Gasteiger partial charge in [-0.25, -0.2) is 9.55 Å². The van der Waals surface area contributed by atoms with Crippen LogP contribution in [0.4, 0.5) is 0 Å². The first-order valence-corrected chi connectivity index (χ1v) is 22.3. The Labute approximate surface area is 317 Å². The van der Waals surface area contributed by atoms with Crippen molar-refractivity contribution in [3.05, 3.63) is 90.0 Å². The molecule has 3 aromatic rings. The van der Waals surface area contributed by atoms with Crippen molar-refractivity contribution in [3.63, 3.8) is 0 Å². The molecule has 1 heterocycles. The minimum atomic E-state index is 0.00310. The first kappa shape index (κ1) is 43.1. The van der Waals surface area contributed by atoms with Crippen LogP contribution in [0.1, 0.15) is 217 Å². The molecule has 0 spiro atoms. The van der Waals surface area contributed by atoms with Gasteiger partial charge in [0.1, 0.15) is 12.4 Å². The van der Waals surface area contributed by atoms with Gasteiger partial charge in [0.05, 0.1) is 12.5 Å². The Bertz CT molecular complexity index is 1180. The van der Waals surface area contributed by atoms with E-state index in [1.165, 1.54) is 190 Å². The molecule has 0 fully saturated rings. The minimum Gasteiger partial charge on any atom is -0.247 e. The molecule has 1 aromatic heterocycles. The first-order chi connectivity index (χ1) is 25.2. The van der Waals surface area contributed by atoms with E-state index in [9.17, 15) is 0 Å². The molecule has 0 bridgehead atoms. The molecule has 2 heteroatoms. The van der Waals surface area contributed by atoms with Crippen molar-refractivity contribution in [2.45, 2.75) is 218 Å². The van der Waals surface area contributed by atoms with Gasteiger partial charge in [-0.2, -0.15) is 0 Å². The fourth-order valence-electron chi connectivity index (χ4n) is 8.56. The summed E-state index contributed by atoms with van der Waals surface area (Å²) in [4.78, 5) is 3.82. The van der Waals surface area contributed by atoms with E-state index in [4.69, 9.17) is 0 Å². The summed E-state index contributed by atoms with van der Waals surface area (Å²) in [5, 5.41) is 0. The van der Waals surface area contributed by atoms with Crippen molar-refractivity contribution in [2.24, 2.45) is 0 Å². The van der Waals surface area contributed by atoms with Crippen LogP contribution in [-0.2, 0) is 18.4 Å². The smallest absolute Gasteiger partial charge is 0.247 e. The standard InChI is InChI=1S/C49H80N2/c1-4-6-8-10-12-14-16-17-18-19-20-21-23-25-27-35-42-51-43-41-50-48(51)47(40-34-26-24-22-15-13-11-9-7-5-2)49(3,46-38-32-29-33-39-46)44-45-36-30-28-31-37-45/h28-33,36-39,41,43,47H,4-27,34-35,40,42,44H2,1-3H3/p+1. The first-order valence-electron chi connectivity index (χ1n) is 22.3. The highest BCUT2D eigenvalue weighted by Crippen LogP contribution is 2.43. The van der Waals surface area contributed by atoms with Crippen molar-refractivity contribution in [1.29, 1.82) is 0 Å². The summed E-state index contributed by atoms with van der Waals surface area (Å²) in [5.41, 5.74) is 2.91. The zero-order valence-electron chi connectivity index (χ0n) is 34.0. The molecule has 1 N–H and O–H groups in total. The Morgan fingerprint density at radius 2 is 0.922 bits per heavy atom. The number of imidazole rings is 1. The van der Waals surface area contributed by atoms with E-state index in [-0.39, 0.29) is 5.41 Å². The third kappa shape index (κ3) is 17.8. The number of nitrogens with zero attached hydrogens (tertiary/aromatic N) is 1. The lowest BCUT2D eigenvalue weighted by atomic mass is 9.66. The summed E-state index contributed by atoms with van der Waals surface area (Å²) in [6.07, 6.45) is 43.4. The van der Waals surface area contributed by atoms with Crippen LogP contribution >= 0.6 is 0 Å². The lowest BCUT2D eigenvalue weighted by Gasteiger charge is -2.37. The Balaban J connectivity index is 1.51. The Hall–Kier alpha value is -2.35. The van der Waals surface area contributed by atoms with Gasteiger partial charge in [-0.05, 0) is 36.8 Å². The number of hydrogen-bond acceptors (Lipinski definition) is 0. The summed E-state index contributed by atoms with van der Waals surface area (Å²) in [7, 11) is 0. The van der Waals surface area contributed by atoms with Crippen molar-refractivity contribution in [3.8, 4) is 0 Å². The number of aryl methyl sites for hydroxylation is 1. The molecule has 0 saturated heterocycles. The maximum atomic E-state index is 3.82. The summed E-state index contributed by atoms with van der Waals surface area (Å²) in [6, 6.07) is 22.7. The number of aromatic amines is 1. The summed E-state index contributed by atoms with van der Waals surface area (Å²) in [5.74, 6) is 1.87. The Morgan fingerprint density at radius 3 is 1.39 bits per heavy atom. The van der Waals surface area contributed by atoms with Crippen LogP contribution in [0.25, 0.3) is 0 Å². The maximum Gasteiger partial charge on any atom is 0.258 e. The quantitative estimate of drug-likeness (QED) is 0.0483. The molecule has 2 atom stereocenters. The molecular weight excluding hydrogens is 617 g/mol. The fourth-order valence-corrected chi connectivity index (χ4v) is 8.56. The van der Waals surface area contributed by atoms with Crippen LogP contribution in [0.15, 0.2) is 73.1 Å². The molecule has 0 amide bonds. The molecule has 0 radical (unpaired) electrons. The maximum absolute atomic E-state index is 3.82. The summed E-state index contributed by atoms with van der Waals surface area (Å²) in [6.45, 7) is 8.30. The van der Waals surface area contributed by atoms with Crippen molar-refractivity contribution in [1.82, 2.24) is 4.98 Å². The van der Waals surface area contributed by atoms with Crippen LogP contribution in [0, 0.1) is 0 Å². The molecule has 286 valence electrons. The predicted molar refractivity (Wildman–Crippen MR) is 224 cm³/mol. The molecule has 3 rings (SSSR count). The van der Waals surface area contributed by atoms with Crippen LogP contribution in [0.5, 0.6) is 0 Å². The molecule has 0 aliphatic carbocycles.